The van der Waals surface area contributed by atoms with E-state index in [-0.39, 0.29) is 28.0 Å². The van der Waals surface area contributed by atoms with Crippen LogP contribution in [0.4, 0.5) is 0 Å². The van der Waals surface area contributed by atoms with Gasteiger partial charge in [0.1, 0.15) is 11.5 Å². The zero-order chi connectivity index (χ0) is 32.1. The van der Waals surface area contributed by atoms with Crippen LogP contribution < -0.4 is 4.74 Å². The average Bonchev–Trinajstić information content (AvgIpc) is 2.93. The van der Waals surface area contributed by atoms with E-state index in [9.17, 15) is 5.11 Å². The van der Waals surface area contributed by atoms with Crippen LogP contribution in [0.3, 0.4) is 0 Å². The fourth-order valence-corrected chi connectivity index (χ4v) is 7.26. The van der Waals surface area contributed by atoms with Crippen molar-refractivity contribution in [3.05, 3.63) is 33.7 Å². The monoisotopic (exact) mass is 613 g/mol. The SMILES string of the molecule is COC1(OC)CC[C@@H]2[C@@H](C1)c1c(O)cc(C(C)(C)CCCCCCN=[N+]=[N-])cc1O[C@@]2(C)C#CCO[Si](C)(C)C(C)(C)C. The van der Waals surface area contributed by atoms with Crippen LogP contribution in [-0.4, -0.2) is 52.2 Å². The number of aromatic hydroxyl groups is 1. The van der Waals surface area contributed by atoms with Gasteiger partial charge in [-0.15, -0.1) is 0 Å². The number of unbranched alkanes of at least 4 members (excludes halogenated alkanes) is 3. The van der Waals surface area contributed by atoms with Gasteiger partial charge in [0.05, 0.1) is 6.61 Å². The van der Waals surface area contributed by atoms with E-state index in [0.29, 0.717) is 25.3 Å². The molecule has 0 amide bonds. The highest BCUT2D eigenvalue weighted by atomic mass is 28.4. The number of phenolic OH excluding ortho intramolecular Hbond substituents is 1. The molecule has 2 aliphatic rings. The Bertz CT molecular complexity index is 1220. The second kappa shape index (κ2) is 13.8. The fourth-order valence-electron chi connectivity index (χ4n) is 6.39. The molecule has 0 unspecified atom stereocenters. The number of ether oxygens (including phenoxy) is 3. The van der Waals surface area contributed by atoms with Crippen LogP contribution in [0.15, 0.2) is 17.2 Å². The van der Waals surface area contributed by atoms with Gasteiger partial charge < -0.3 is 23.7 Å². The lowest BCUT2D eigenvalue weighted by molar-refractivity contribution is -0.237. The van der Waals surface area contributed by atoms with E-state index in [0.717, 1.165) is 56.1 Å². The first-order chi connectivity index (χ1) is 20.0. The molecule has 0 radical (unpaired) electrons. The Morgan fingerprint density at radius 1 is 1.12 bits per heavy atom. The van der Waals surface area contributed by atoms with E-state index in [2.05, 4.69) is 82.6 Å². The van der Waals surface area contributed by atoms with E-state index >= 15 is 0 Å². The summed E-state index contributed by atoms with van der Waals surface area (Å²) >= 11 is 0. The number of methoxy groups -OCH3 is 2. The molecule has 9 heteroatoms. The Hall–Kier alpha value is -2.21. The van der Waals surface area contributed by atoms with E-state index in [1.807, 2.05) is 6.07 Å². The number of hydrogen-bond acceptors (Lipinski definition) is 6. The molecule has 1 aliphatic carbocycles. The highest BCUT2D eigenvalue weighted by molar-refractivity contribution is 6.74. The molecule has 1 aromatic rings. The van der Waals surface area contributed by atoms with Crippen molar-refractivity contribution in [2.45, 2.75) is 134 Å². The average molecular weight is 614 g/mol. The second-order valence-electron chi connectivity index (χ2n) is 14.7. The third kappa shape index (κ3) is 8.09. The minimum atomic E-state index is -1.92. The quantitative estimate of drug-likeness (QED) is 0.0482. The third-order valence-electron chi connectivity index (χ3n) is 10.4. The molecular formula is C34H55N3O5Si. The molecule has 3 atom stereocenters. The molecule has 240 valence electrons. The number of rotatable bonds is 12. The van der Waals surface area contributed by atoms with E-state index in [1.54, 1.807) is 14.2 Å². The van der Waals surface area contributed by atoms with Gasteiger partial charge in [-0.2, -0.15) is 0 Å². The number of benzene rings is 1. The largest absolute Gasteiger partial charge is 0.508 e. The van der Waals surface area contributed by atoms with Crippen molar-refractivity contribution >= 4 is 8.32 Å². The van der Waals surface area contributed by atoms with Crippen LogP contribution in [0.25, 0.3) is 10.4 Å². The highest BCUT2D eigenvalue weighted by Crippen LogP contribution is 2.57. The van der Waals surface area contributed by atoms with Crippen LogP contribution in [0.1, 0.15) is 110 Å². The lowest BCUT2D eigenvalue weighted by atomic mass is 9.64. The van der Waals surface area contributed by atoms with Crippen LogP contribution in [0.5, 0.6) is 11.5 Å². The van der Waals surface area contributed by atoms with Crippen molar-refractivity contribution in [2.75, 3.05) is 27.4 Å². The van der Waals surface area contributed by atoms with Crippen LogP contribution in [0.2, 0.25) is 18.1 Å². The van der Waals surface area contributed by atoms with Gasteiger partial charge in [-0.25, -0.2) is 0 Å². The third-order valence-corrected chi connectivity index (χ3v) is 14.9. The van der Waals surface area contributed by atoms with E-state index < -0.39 is 19.7 Å². The number of hydrogen-bond donors (Lipinski definition) is 1. The van der Waals surface area contributed by atoms with Gasteiger partial charge in [-0.3, -0.25) is 0 Å². The Kier molecular flexibility index (Phi) is 11.3. The molecule has 0 spiro atoms. The van der Waals surface area contributed by atoms with Crippen LogP contribution in [0, 0.1) is 17.8 Å². The Morgan fingerprint density at radius 2 is 1.79 bits per heavy atom. The lowest BCUT2D eigenvalue weighted by Gasteiger charge is -2.51. The lowest BCUT2D eigenvalue weighted by Crippen LogP contribution is -2.52. The standard InChI is InChI=1S/C34H55N3O5Si/c1-31(2,3)43(9,10)41-21-15-18-33(6)27-16-19-34(39-7,40-8)24-26(27)30-28(38)22-25(23-29(30)42-33)32(4,5)17-13-11-12-14-20-36-37-35/h22-23,26-27,38H,11-14,16-17,19-21,24H2,1-10H3/t26-,27-,33+/m1/s1. The molecule has 0 saturated heterocycles. The maximum atomic E-state index is 11.5. The first-order valence-electron chi connectivity index (χ1n) is 15.9. The first kappa shape index (κ1) is 35.3. The summed E-state index contributed by atoms with van der Waals surface area (Å²) in [7, 11) is 1.47. The molecule has 8 nitrogen and oxygen atoms in total. The number of fused-ring (bicyclic) bond motifs is 3. The molecule has 1 fully saturated rings. The molecule has 0 aromatic heterocycles. The Labute approximate surface area is 261 Å². The molecule has 1 aliphatic heterocycles. The first-order valence-corrected chi connectivity index (χ1v) is 18.8. The minimum absolute atomic E-state index is 0.0359. The van der Waals surface area contributed by atoms with Crippen molar-refractivity contribution in [1.82, 2.24) is 0 Å². The summed E-state index contributed by atoms with van der Waals surface area (Å²) < 4.78 is 25.0. The Morgan fingerprint density at radius 3 is 2.42 bits per heavy atom. The molecule has 43 heavy (non-hydrogen) atoms. The predicted molar refractivity (Wildman–Crippen MR) is 175 cm³/mol. The van der Waals surface area contributed by atoms with Gasteiger partial charge in [0.25, 0.3) is 0 Å². The zero-order valence-corrected chi connectivity index (χ0v) is 29.3. The van der Waals surface area contributed by atoms with Crippen LogP contribution in [-0.2, 0) is 19.3 Å². The van der Waals surface area contributed by atoms with Crippen molar-refractivity contribution in [3.8, 4) is 23.3 Å². The zero-order valence-electron chi connectivity index (χ0n) is 28.3. The second-order valence-corrected chi connectivity index (χ2v) is 19.6. The van der Waals surface area contributed by atoms with Gasteiger partial charge in [0.2, 0.25) is 0 Å². The van der Waals surface area contributed by atoms with Crippen molar-refractivity contribution < 1.29 is 23.7 Å². The number of azide groups is 1. The van der Waals surface area contributed by atoms with Crippen LogP contribution >= 0.6 is 0 Å². The summed E-state index contributed by atoms with van der Waals surface area (Å²) in [6.07, 6.45) is 7.18. The van der Waals surface area contributed by atoms with Crippen molar-refractivity contribution in [2.24, 2.45) is 11.0 Å². The predicted octanol–water partition coefficient (Wildman–Crippen LogP) is 8.98. The molecule has 1 N–H and O–H groups in total. The van der Waals surface area contributed by atoms with Crippen molar-refractivity contribution in [1.29, 1.82) is 0 Å². The highest BCUT2D eigenvalue weighted by Gasteiger charge is 2.54. The molecule has 1 saturated carbocycles. The fraction of sp³-hybridized carbons (Fsp3) is 0.765. The molecule has 3 rings (SSSR count). The summed E-state index contributed by atoms with van der Waals surface area (Å²) in [6.45, 7) is 18.6. The number of nitrogens with zero attached hydrogens (tertiary/aromatic N) is 3. The molecule has 1 aromatic carbocycles. The summed E-state index contributed by atoms with van der Waals surface area (Å²) in [5, 5.41) is 15.3. The van der Waals surface area contributed by atoms with E-state index in [1.165, 1.54) is 0 Å². The molecule has 0 bridgehead atoms. The summed E-state index contributed by atoms with van der Waals surface area (Å²) in [4.78, 5) is 2.83. The van der Waals surface area contributed by atoms with Gasteiger partial charge >= 0.3 is 0 Å². The Balaban J connectivity index is 1.92. The van der Waals surface area contributed by atoms with Gasteiger partial charge in [-0.1, -0.05) is 70.8 Å². The van der Waals surface area contributed by atoms with Crippen molar-refractivity contribution in [3.63, 3.8) is 0 Å². The topological polar surface area (TPSA) is 106 Å². The maximum absolute atomic E-state index is 11.5. The minimum Gasteiger partial charge on any atom is -0.508 e. The van der Waals surface area contributed by atoms with Gasteiger partial charge in [0.15, 0.2) is 19.7 Å². The smallest absolute Gasteiger partial charge is 0.193 e. The van der Waals surface area contributed by atoms with E-state index in [4.69, 9.17) is 24.2 Å². The summed E-state index contributed by atoms with van der Waals surface area (Å²) in [6, 6.07) is 4.05. The maximum Gasteiger partial charge on any atom is 0.193 e. The van der Waals surface area contributed by atoms with Gasteiger partial charge in [-0.05, 0) is 73.0 Å². The number of phenols is 1. The summed E-state index contributed by atoms with van der Waals surface area (Å²) in [5.41, 5.74) is 9.44. The summed E-state index contributed by atoms with van der Waals surface area (Å²) in [5.74, 6) is 7.12. The molecule has 1 heterocycles. The van der Waals surface area contributed by atoms with Gasteiger partial charge in [0, 0.05) is 55.9 Å². The normalized spacial score (nSPS) is 23.2. The molecular weight excluding hydrogens is 558 g/mol.